The number of hydrogen-bond donors (Lipinski definition) is 1. The molecule has 0 saturated carbocycles. The van der Waals surface area contributed by atoms with Crippen LogP contribution in [0, 0.1) is 0 Å². The summed E-state index contributed by atoms with van der Waals surface area (Å²) >= 11 is 0. The Hall–Kier alpha value is -1.11. The van der Waals surface area contributed by atoms with E-state index in [2.05, 4.69) is 4.90 Å². The van der Waals surface area contributed by atoms with Crippen molar-refractivity contribution in [1.29, 1.82) is 0 Å². The number of benzene rings is 1. The van der Waals surface area contributed by atoms with E-state index in [1.165, 1.54) is 12.0 Å². The number of anilines is 1. The first-order chi connectivity index (χ1) is 9.54. The first-order valence-electron chi connectivity index (χ1n) is 7.06. The maximum Gasteiger partial charge on any atom is 0.238 e. The molecule has 0 bridgehead atoms. The van der Waals surface area contributed by atoms with Crippen molar-refractivity contribution in [1.82, 2.24) is 0 Å². The van der Waals surface area contributed by atoms with Gasteiger partial charge in [-0.05, 0) is 43.4 Å². The van der Waals surface area contributed by atoms with Crippen molar-refractivity contribution < 1.29 is 13.2 Å². The van der Waals surface area contributed by atoms with E-state index in [0.717, 1.165) is 44.6 Å². The molecule has 2 heterocycles. The van der Waals surface area contributed by atoms with Gasteiger partial charge in [0.05, 0.1) is 11.0 Å². The van der Waals surface area contributed by atoms with Crippen molar-refractivity contribution in [2.45, 2.75) is 36.7 Å². The molecule has 2 aliphatic heterocycles. The lowest BCUT2D eigenvalue weighted by molar-refractivity contribution is 0.0212. The molecule has 1 aromatic carbocycles. The summed E-state index contributed by atoms with van der Waals surface area (Å²) < 4.78 is 28.7. The van der Waals surface area contributed by atoms with E-state index >= 15 is 0 Å². The highest BCUT2D eigenvalue weighted by Gasteiger charge is 2.25. The van der Waals surface area contributed by atoms with Gasteiger partial charge in [0, 0.05) is 25.4 Å². The molecule has 0 aromatic heterocycles. The first-order valence-corrected chi connectivity index (χ1v) is 8.61. The third-order valence-corrected chi connectivity index (χ3v) is 4.99. The molecule has 1 aromatic rings. The van der Waals surface area contributed by atoms with E-state index in [-0.39, 0.29) is 11.0 Å². The topological polar surface area (TPSA) is 72.6 Å². The van der Waals surface area contributed by atoms with E-state index in [0.29, 0.717) is 0 Å². The van der Waals surface area contributed by atoms with Gasteiger partial charge < -0.3 is 9.64 Å². The lowest BCUT2D eigenvalue weighted by Gasteiger charge is -2.29. The number of rotatable bonds is 3. The van der Waals surface area contributed by atoms with Crippen LogP contribution in [-0.2, 0) is 21.2 Å². The second-order valence-corrected chi connectivity index (χ2v) is 7.08. The summed E-state index contributed by atoms with van der Waals surface area (Å²) in [6.07, 6.45) is 4.65. The van der Waals surface area contributed by atoms with Crippen LogP contribution >= 0.6 is 0 Å². The third-order valence-electron chi connectivity index (χ3n) is 4.08. The molecule has 0 unspecified atom stereocenters. The maximum atomic E-state index is 11.5. The maximum absolute atomic E-state index is 11.5. The molecule has 110 valence electrons. The Morgan fingerprint density at radius 2 is 2.20 bits per heavy atom. The minimum Gasteiger partial charge on any atom is -0.376 e. The normalized spacial score (nSPS) is 22.9. The van der Waals surface area contributed by atoms with E-state index in [4.69, 9.17) is 9.88 Å². The average Bonchev–Trinajstić information content (AvgIpc) is 2.82. The van der Waals surface area contributed by atoms with Crippen LogP contribution in [0.4, 0.5) is 5.69 Å². The minimum atomic E-state index is -3.64. The fourth-order valence-corrected chi connectivity index (χ4v) is 3.52. The number of fused-ring (bicyclic) bond motifs is 1. The molecule has 6 heteroatoms. The van der Waals surface area contributed by atoms with Crippen LogP contribution in [0.5, 0.6) is 0 Å². The SMILES string of the molecule is NS(=O)(=O)c1ccc2c(c1)N(C[C@@H]1CCCCO1)CC2. The summed E-state index contributed by atoms with van der Waals surface area (Å²) in [5.41, 5.74) is 2.18. The van der Waals surface area contributed by atoms with E-state index < -0.39 is 10.0 Å². The summed E-state index contributed by atoms with van der Waals surface area (Å²) in [7, 11) is -3.64. The van der Waals surface area contributed by atoms with Crippen molar-refractivity contribution in [2.24, 2.45) is 5.14 Å². The third kappa shape index (κ3) is 2.82. The summed E-state index contributed by atoms with van der Waals surface area (Å²) in [5, 5.41) is 5.21. The Kier molecular flexibility index (Phi) is 3.70. The Balaban J connectivity index is 1.81. The van der Waals surface area contributed by atoms with Crippen molar-refractivity contribution >= 4 is 15.7 Å². The molecule has 2 N–H and O–H groups in total. The van der Waals surface area contributed by atoms with Crippen LogP contribution in [0.3, 0.4) is 0 Å². The lowest BCUT2D eigenvalue weighted by atomic mass is 10.1. The molecule has 5 nitrogen and oxygen atoms in total. The van der Waals surface area contributed by atoms with Crippen LogP contribution in [0.25, 0.3) is 0 Å². The summed E-state index contributed by atoms with van der Waals surface area (Å²) in [6.45, 7) is 2.59. The number of nitrogens with zero attached hydrogens (tertiary/aromatic N) is 1. The van der Waals surface area contributed by atoms with Gasteiger partial charge in [0.25, 0.3) is 0 Å². The highest BCUT2D eigenvalue weighted by Crippen LogP contribution is 2.31. The molecule has 0 aliphatic carbocycles. The summed E-state index contributed by atoms with van der Waals surface area (Å²) in [4.78, 5) is 2.41. The number of hydrogen-bond acceptors (Lipinski definition) is 4. The molecule has 2 aliphatic rings. The molecule has 0 amide bonds. The minimum absolute atomic E-state index is 0.188. The standard InChI is InChI=1S/C14H20N2O3S/c15-20(17,18)13-5-4-11-6-7-16(14(11)9-13)10-12-3-1-2-8-19-12/h4-5,9,12H,1-3,6-8,10H2,(H2,15,17,18)/t12-/m0/s1. The molecular weight excluding hydrogens is 276 g/mol. The molecule has 1 fully saturated rings. The molecule has 1 atom stereocenters. The van der Waals surface area contributed by atoms with Crippen LogP contribution < -0.4 is 10.0 Å². The van der Waals surface area contributed by atoms with E-state index in [9.17, 15) is 8.42 Å². The quantitative estimate of drug-likeness (QED) is 0.911. The summed E-state index contributed by atoms with van der Waals surface area (Å²) in [6, 6.07) is 5.16. The van der Waals surface area contributed by atoms with Crippen molar-refractivity contribution in [3.8, 4) is 0 Å². The van der Waals surface area contributed by atoms with Crippen LogP contribution in [-0.4, -0.2) is 34.2 Å². The van der Waals surface area contributed by atoms with Gasteiger partial charge in [-0.15, -0.1) is 0 Å². The van der Waals surface area contributed by atoms with Crippen molar-refractivity contribution in [3.05, 3.63) is 23.8 Å². The zero-order valence-electron chi connectivity index (χ0n) is 11.4. The second-order valence-electron chi connectivity index (χ2n) is 5.52. The Bertz CT molecular complexity index is 594. The average molecular weight is 296 g/mol. The summed E-state index contributed by atoms with van der Waals surface area (Å²) in [5.74, 6) is 0. The highest BCUT2D eigenvalue weighted by atomic mass is 32.2. The number of nitrogens with two attached hydrogens (primary N) is 1. The van der Waals surface area contributed by atoms with Crippen LogP contribution in [0.2, 0.25) is 0 Å². The predicted molar refractivity (Wildman–Crippen MR) is 77.3 cm³/mol. The lowest BCUT2D eigenvalue weighted by Crippen LogP contribution is -2.34. The monoisotopic (exact) mass is 296 g/mol. The van der Waals surface area contributed by atoms with Gasteiger partial charge >= 0.3 is 0 Å². The molecule has 3 rings (SSSR count). The molecule has 0 spiro atoms. The molecule has 20 heavy (non-hydrogen) atoms. The fourth-order valence-electron chi connectivity index (χ4n) is 2.99. The van der Waals surface area contributed by atoms with Crippen molar-refractivity contribution in [3.63, 3.8) is 0 Å². The largest absolute Gasteiger partial charge is 0.376 e. The van der Waals surface area contributed by atoms with Gasteiger partial charge in [-0.2, -0.15) is 0 Å². The highest BCUT2D eigenvalue weighted by molar-refractivity contribution is 7.89. The van der Waals surface area contributed by atoms with Gasteiger partial charge in [-0.25, -0.2) is 13.6 Å². The zero-order chi connectivity index (χ0) is 14.2. The first kappa shape index (κ1) is 13.9. The van der Waals surface area contributed by atoms with Gasteiger partial charge in [0.1, 0.15) is 0 Å². The number of primary sulfonamides is 1. The smallest absolute Gasteiger partial charge is 0.238 e. The Labute approximate surface area is 119 Å². The van der Waals surface area contributed by atoms with Gasteiger partial charge in [0.15, 0.2) is 0 Å². The van der Waals surface area contributed by atoms with Gasteiger partial charge in [0.2, 0.25) is 10.0 Å². The fraction of sp³-hybridized carbons (Fsp3) is 0.571. The van der Waals surface area contributed by atoms with Gasteiger partial charge in [-0.1, -0.05) is 6.07 Å². The van der Waals surface area contributed by atoms with Crippen LogP contribution in [0.15, 0.2) is 23.1 Å². The zero-order valence-corrected chi connectivity index (χ0v) is 12.2. The number of ether oxygens (including phenoxy) is 1. The molecule has 0 radical (unpaired) electrons. The Morgan fingerprint density at radius 3 is 2.90 bits per heavy atom. The Morgan fingerprint density at radius 1 is 1.35 bits per heavy atom. The number of sulfonamides is 1. The van der Waals surface area contributed by atoms with Gasteiger partial charge in [-0.3, -0.25) is 0 Å². The van der Waals surface area contributed by atoms with E-state index in [1.807, 2.05) is 6.07 Å². The second kappa shape index (κ2) is 5.35. The molecular formula is C14H20N2O3S. The van der Waals surface area contributed by atoms with Crippen LogP contribution in [0.1, 0.15) is 24.8 Å². The predicted octanol–water partition coefficient (Wildman–Crippen LogP) is 1.27. The van der Waals surface area contributed by atoms with E-state index in [1.54, 1.807) is 12.1 Å². The van der Waals surface area contributed by atoms with Crippen molar-refractivity contribution in [2.75, 3.05) is 24.6 Å². The molecule has 1 saturated heterocycles.